The lowest BCUT2D eigenvalue weighted by Crippen LogP contribution is -2.38. The Morgan fingerprint density at radius 2 is 2.00 bits per heavy atom. The number of nitrogens with one attached hydrogen (secondary N) is 1. The molecule has 0 aliphatic rings. The molecule has 10 heavy (non-hydrogen) atoms. The Labute approximate surface area is 60.8 Å². The molecule has 0 aliphatic heterocycles. The second kappa shape index (κ2) is 3.88. The summed E-state index contributed by atoms with van der Waals surface area (Å²) < 4.78 is 4.96. The van der Waals surface area contributed by atoms with E-state index >= 15 is 0 Å². The van der Waals surface area contributed by atoms with E-state index in [2.05, 4.69) is 5.32 Å². The summed E-state index contributed by atoms with van der Waals surface area (Å²) >= 11 is 0. The van der Waals surface area contributed by atoms with E-state index < -0.39 is 12.0 Å². The van der Waals surface area contributed by atoms with Gasteiger partial charge < -0.3 is 14.9 Å². The first kappa shape index (κ1) is 9.84. The van der Waals surface area contributed by atoms with Crippen molar-refractivity contribution >= 4 is 0 Å². The summed E-state index contributed by atoms with van der Waals surface area (Å²) in [6.07, 6.45) is -1.09. The average molecular weight is 149 g/mol. The molecule has 0 bridgehead atoms. The lowest BCUT2D eigenvalue weighted by atomic mass is 10.2. The standard InChI is InChI=1S/C6H15NO3/c1-6(2,3)10-5(9)7-4-8/h5,7-9H,4H2,1-3H3. The fraction of sp³-hybridized carbons (Fsp3) is 1.00. The first-order valence-electron chi connectivity index (χ1n) is 3.16. The molecule has 0 saturated carbocycles. The molecule has 4 nitrogen and oxygen atoms in total. The van der Waals surface area contributed by atoms with Crippen molar-refractivity contribution in [3.63, 3.8) is 0 Å². The number of rotatable bonds is 3. The van der Waals surface area contributed by atoms with Crippen molar-refractivity contribution in [3.8, 4) is 0 Å². The highest BCUT2D eigenvalue weighted by atomic mass is 16.6. The van der Waals surface area contributed by atoms with Gasteiger partial charge in [0.15, 0.2) is 0 Å². The third kappa shape index (κ3) is 5.97. The molecule has 62 valence electrons. The van der Waals surface area contributed by atoms with Crippen LogP contribution in [0.25, 0.3) is 0 Å². The lowest BCUT2D eigenvalue weighted by Gasteiger charge is -2.23. The van der Waals surface area contributed by atoms with Gasteiger partial charge in [-0.15, -0.1) is 0 Å². The molecule has 0 aliphatic carbocycles. The van der Waals surface area contributed by atoms with Crippen molar-refractivity contribution < 1.29 is 14.9 Å². The van der Waals surface area contributed by atoms with Crippen LogP contribution in [0.5, 0.6) is 0 Å². The monoisotopic (exact) mass is 149 g/mol. The van der Waals surface area contributed by atoms with E-state index in [4.69, 9.17) is 14.9 Å². The van der Waals surface area contributed by atoms with Crippen LogP contribution in [0.1, 0.15) is 20.8 Å². The van der Waals surface area contributed by atoms with Crippen LogP contribution in [0.4, 0.5) is 0 Å². The Hall–Kier alpha value is -0.160. The molecular formula is C6H15NO3. The van der Waals surface area contributed by atoms with Gasteiger partial charge in [-0.3, -0.25) is 0 Å². The third-order valence-electron chi connectivity index (χ3n) is 0.731. The largest absolute Gasteiger partial charge is 0.381 e. The topological polar surface area (TPSA) is 61.7 Å². The Bertz CT molecular complexity index is 89.5. The molecule has 4 heteroatoms. The average Bonchev–Trinajstić information content (AvgIpc) is 1.59. The maximum absolute atomic E-state index is 8.89. The highest BCUT2D eigenvalue weighted by Crippen LogP contribution is 2.07. The van der Waals surface area contributed by atoms with Gasteiger partial charge in [0, 0.05) is 0 Å². The molecule has 0 aromatic heterocycles. The van der Waals surface area contributed by atoms with Gasteiger partial charge in [0.2, 0.25) is 6.41 Å². The SMILES string of the molecule is CC(C)(C)OC(O)NCO. The summed E-state index contributed by atoms with van der Waals surface area (Å²) in [5.41, 5.74) is -0.401. The maximum Gasteiger partial charge on any atom is 0.215 e. The second-order valence-electron chi connectivity index (χ2n) is 2.94. The Balaban J connectivity index is 3.47. The quantitative estimate of drug-likeness (QED) is 0.478. The molecule has 1 atom stereocenters. The highest BCUT2D eigenvalue weighted by Gasteiger charge is 2.14. The molecule has 0 aromatic carbocycles. The Morgan fingerprint density at radius 1 is 1.50 bits per heavy atom. The van der Waals surface area contributed by atoms with Gasteiger partial charge in [-0.2, -0.15) is 0 Å². The summed E-state index contributed by atoms with van der Waals surface area (Å²) in [6, 6.07) is 0. The van der Waals surface area contributed by atoms with Gasteiger partial charge >= 0.3 is 0 Å². The van der Waals surface area contributed by atoms with E-state index in [-0.39, 0.29) is 6.73 Å². The summed E-state index contributed by atoms with van der Waals surface area (Å²) in [7, 11) is 0. The van der Waals surface area contributed by atoms with E-state index in [0.717, 1.165) is 0 Å². The van der Waals surface area contributed by atoms with Crippen molar-refractivity contribution in [3.05, 3.63) is 0 Å². The van der Waals surface area contributed by atoms with Gasteiger partial charge in [-0.25, -0.2) is 5.32 Å². The van der Waals surface area contributed by atoms with Crippen molar-refractivity contribution in [2.24, 2.45) is 0 Å². The van der Waals surface area contributed by atoms with Crippen molar-refractivity contribution in [2.75, 3.05) is 6.73 Å². The molecule has 0 rings (SSSR count). The van der Waals surface area contributed by atoms with Crippen LogP contribution >= 0.6 is 0 Å². The van der Waals surface area contributed by atoms with Crippen LogP contribution in [-0.2, 0) is 4.74 Å². The molecule has 0 saturated heterocycles. The Kier molecular flexibility index (Phi) is 3.81. The zero-order valence-electron chi connectivity index (χ0n) is 6.59. The maximum atomic E-state index is 8.89. The van der Waals surface area contributed by atoms with Gasteiger partial charge in [0.25, 0.3) is 0 Å². The second-order valence-corrected chi connectivity index (χ2v) is 2.94. The molecule has 0 fully saturated rings. The van der Waals surface area contributed by atoms with Crippen molar-refractivity contribution in [1.29, 1.82) is 0 Å². The van der Waals surface area contributed by atoms with Crippen molar-refractivity contribution in [2.45, 2.75) is 32.8 Å². The van der Waals surface area contributed by atoms with Crippen LogP contribution < -0.4 is 5.32 Å². The molecule has 0 radical (unpaired) electrons. The number of hydrogen-bond acceptors (Lipinski definition) is 4. The number of aliphatic hydroxyl groups is 2. The minimum atomic E-state index is -1.09. The minimum Gasteiger partial charge on any atom is -0.381 e. The van der Waals surface area contributed by atoms with Gasteiger partial charge in [-0.05, 0) is 20.8 Å². The van der Waals surface area contributed by atoms with E-state index in [1.54, 1.807) is 0 Å². The summed E-state index contributed by atoms with van der Waals surface area (Å²) in [4.78, 5) is 0. The summed E-state index contributed by atoms with van der Waals surface area (Å²) in [6.45, 7) is 5.15. The van der Waals surface area contributed by atoms with Crippen LogP contribution in [0.2, 0.25) is 0 Å². The van der Waals surface area contributed by atoms with E-state index in [9.17, 15) is 0 Å². The van der Waals surface area contributed by atoms with Gasteiger partial charge in [-0.1, -0.05) is 0 Å². The molecule has 1 unspecified atom stereocenters. The molecule has 0 aromatic rings. The number of hydrogen-bond donors (Lipinski definition) is 3. The van der Waals surface area contributed by atoms with Crippen LogP contribution in [0, 0.1) is 0 Å². The van der Waals surface area contributed by atoms with Crippen molar-refractivity contribution in [1.82, 2.24) is 5.32 Å². The van der Waals surface area contributed by atoms with Gasteiger partial charge in [0.05, 0.1) is 12.3 Å². The molecule has 0 spiro atoms. The third-order valence-corrected chi connectivity index (χ3v) is 0.731. The normalized spacial score (nSPS) is 15.3. The summed E-state index contributed by atoms with van der Waals surface area (Å²) in [5, 5.41) is 19.5. The van der Waals surface area contributed by atoms with Crippen LogP contribution in [-0.4, -0.2) is 29.0 Å². The van der Waals surface area contributed by atoms with E-state index in [1.807, 2.05) is 20.8 Å². The minimum absolute atomic E-state index is 0.294. The highest BCUT2D eigenvalue weighted by molar-refractivity contribution is 4.58. The first-order valence-corrected chi connectivity index (χ1v) is 3.16. The molecule has 0 heterocycles. The fourth-order valence-electron chi connectivity index (χ4n) is 0.455. The fourth-order valence-corrected chi connectivity index (χ4v) is 0.455. The zero-order chi connectivity index (χ0) is 8.20. The van der Waals surface area contributed by atoms with Crippen LogP contribution in [0.15, 0.2) is 0 Å². The van der Waals surface area contributed by atoms with E-state index in [0.29, 0.717) is 0 Å². The van der Waals surface area contributed by atoms with Gasteiger partial charge in [0.1, 0.15) is 0 Å². The molecular weight excluding hydrogens is 134 g/mol. The number of aliphatic hydroxyl groups excluding tert-OH is 2. The number of ether oxygens (including phenoxy) is 1. The lowest BCUT2D eigenvalue weighted by molar-refractivity contribution is -0.187. The van der Waals surface area contributed by atoms with Crippen LogP contribution in [0.3, 0.4) is 0 Å². The predicted molar refractivity (Wildman–Crippen MR) is 37.1 cm³/mol. The predicted octanol–water partition coefficient (Wildman–Crippen LogP) is -0.383. The molecule has 3 N–H and O–H groups in total. The smallest absolute Gasteiger partial charge is 0.215 e. The Morgan fingerprint density at radius 3 is 2.30 bits per heavy atom. The summed E-state index contributed by atoms with van der Waals surface area (Å²) in [5.74, 6) is 0. The zero-order valence-corrected chi connectivity index (χ0v) is 6.59. The van der Waals surface area contributed by atoms with E-state index in [1.165, 1.54) is 0 Å². The molecule has 0 amide bonds. The first-order chi connectivity index (χ1) is 4.45.